The van der Waals surface area contributed by atoms with Crippen molar-refractivity contribution in [3.8, 4) is 21.9 Å². The smallest absolute Gasteiger partial charge is 0.263 e. The fourth-order valence-corrected chi connectivity index (χ4v) is 6.16. The molecule has 1 aliphatic rings. The Hall–Kier alpha value is -2.88. The predicted molar refractivity (Wildman–Crippen MR) is 130 cm³/mol. The number of nitrogens with zero attached hydrogens (tertiary/aromatic N) is 2. The summed E-state index contributed by atoms with van der Waals surface area (Å²) >= 11 is 4.29. The van der Waals surface area contributed by atoms with Crippen molar-refractivity contribution in [1.82, 2.24) is 9.55 Å². The van der Waals surface area contributed by atoms with Crippen LogP contribution in [-0.2, 0) is 6.54 Å². The van der Waals surface area contributed by atoms with Crippen molar-refractivity contribution >= 4 is 50.4 Å². The highest BCUT2D eigenvalue weighted by Crippen LogP contribution is 2.35. The normalized spacial score (nSPS) is 12.8. The molecule has 0 unspecified atom stereocenters. The van der Waals surface area contributed by atoms with Crippen molar-refractivity contribution in [3.05, 3.63) is 69.7 Å². The Bertz CT molecular complexity index is 1370. The second kappa shape index (κ2) is 8.93. The number of Topliss-reactive ketones (excluding diaryl/α,β-unsaturated/α-hetero) is 1. The van der Waals surface area contributed by atoms with Crippen LogP contribution in [0, 0.1) is 0 Å². The van der Waals surface area contributed by atoms with Gasteiger partial charge in [0.1, 0.15) is 18.0 Å². The second-order valence-corrected chi connectivity index (χ2v) is 9.72. The minimum absolute atomic E-state index is 0.0723. The summed E-state index contributed by atoms with van der Waals surface area (Å²) < 4.78 is 12.7. The zero-order valence-corrected chi connectivity index (χ0v) is 19.4. The van der Waals surface area contributed by atoms with Crippen LogP contribution < -0.4 is 15.0 Å². The molecule has 32 heavy (non-hydrogen) atoms. The van der Waals surface area contributed by atoms with Crippen LogP contribution in [0.1, 0.15) is 10.4 Å². The zero-order chi connectivity index (χ0) is 22.1. The molecule has 162 valence electrons. The molecule has 0 atom stereocenters. The third-order valence-electron chi connectivity index (χ3n) is 4.95. The quantitative estimate of drug-likeness (QED) is 0.158. The monoisotopic (exact) mass is 482 g/mol. The Labute approximate surface area is 196 Å². The first-order chi connectivity index (χ1) is 15.7. The average Bonchev–Trinajstić information content (AvgIpc) is 3.49. The van der Waals surface area contributed by atoms with E-state index in [-0.39, 0.29) is 17.1 Å². The summed E-state index contributed by atoms with van der Waals surface area (Å²) in [5.41, 5.74) is 1.32. The number of allylic oxidation sites excluding steroid dienone is 1. The van der Waals surface area contributed by atoms with Gasteiger partial charge in [0.05, 0.1) is 11.1 Å². The molecule has 0 radical (unpaired) electrons. The summed E-state index contributed by atoms with van der Waals surface area (Å²) in [6.07, 6.45) is 1.67. The standard InChI is InChI=1S/C23H18N2O4S3/c1-2-7-25-22(27)20-15(19-4-3-10-30-19)12-31-21(20)24-23(25)32-13-16(26)14-5-6-17-18(11-14)29-9-8-28-17/h2-6,10-12H,1,7-9,13H2. The number of carbonyl (C=O) groups excluding carboxylic acids is 1. The summed E-state index contributed by atoms with van der Waals surface area (Å²) in [6.45, 7) is 5.06. The van der Waals surface area contributed by atoms with E-state index in [0.717, 1.165) is 10.4 Å². The first kappa shape index (κ1) is 21.0. The molecule has 0 bridgehead atoms. The van der Waals surface area contributed by atoms with Crippen LogP contribution in [0.15, 0.2) is 63.7 Å². The average molecular weight is 483 g/mol. The largest absolute Gasteiger partial charge is 0.486 e. The highest BCUT2D eigenvalue weighted by Gasteiger charge is 2.19. The van der Waals surface area contributed by atoms with Gasteiger partial charge in [-0.05, 0) is 29.6 Å². The lowest BCUT2D eigenvalue weighted by molar-refractivity contribution is 0.102. The van der Waals surface area contributed by atoms with Gasteiger partial charge in [0, 0.05) is 27.9 Å². The fourth-order valence-electron chi connectivity index (χ4n) is 3.45. The lowest BCUT2D eigenvalue weighted by Crippen LogP contribution is -2.23. The van der Waals surface area contributed by atoms with Crippen LogP contribution in [0.3, 0.4) is 0 Å². The van der Waals surface area contributed by atoms with Crippen LogP contribution in [0.25, 0.3) is 20.7 Å². The van der Waals surface area contributed by atoms with Gasteiger partial charge in [-0.2, -0.15) is 0 Å². The van der Waals surface area contributed by atoms with Crippen LogP contribution in [-0.4, -0.2) is 34.3 Å². The molecule has 5 rings (SSSR count). The van der Waals surface area contributed by atoms with Crippen molar-refractivity contribution in [2.75, 3.05) is 19.0 Å². The molecule has 0 spiro atoms. The zero-order valence-electron chi connectivity index (χ0n) is 16.9. The third kappa shape index (κ3) is 3.87. The number of ether oxygens (including phenoxy) is 2. The fraction of sp³-hybridized carbons (Fsp3) is 0.174. The van der Waals surface area contributed by atoms with E-state index in [1.807, 2.05) is 22.9 Å². The molecule has 6 nitrogen and oxygen atoms in total. The summed E-state index contributed by atoms with van der Waals surface area (Å²) in [5, 5.41) is 5.08. The van der Waals surface area contributed by atoms with E-state index < -0.39 is 0 Å². The minimum atomic E-state index is -0.117. The Morgan fingerprint density at radius 3 is 2.84 bits per heavy atom. The molecule has 0 saturated carbocycles. The summed E-state index contributed by atoms with van der Waals surface area (Å²) in [6, 6.07) is 9.15. The summed E-state index contributed by atoms with van der Waals surface area (Å²) in [5.74, 6) is 1.30. The van der Waals surface area contributed by atoms with Gasteiger partial charge in [-0.1, -0.05) is 23.9 Å². The van der Waals surface area contributed by atoms with Gasteiger partial charge in [-0.3, -0.25) is 14.2 Å². The number of thiophene rings is 2. The molecule has 1 aromatic carbocycles. The number of aromatic nitrogens is 2. The first-order valence-corrected chi connectivity index (χ1v) is 12.6. The van der Waals surface area contributed by atoms with Crippen molar-refractivity contribution < 1.29 is 14.3 Å². The number of rotatable bonds is 7. The van der Waals surface area contributed by atoms with Gasteiger partial charge >= 0.3 is 0 Å². The van der Waals surface area contributed by atoms with Crippen molar-refractivity contribution in [3.63, 3.8) is 0 Å². The Morgan fingerprint density at radius 2 is 2.06 bits per heavy atom. The predicted octanol–water partition coefficient (Wildman–Crippen LogP) is 5.12. The van der Waals surface area contributed by atoms with Gasteiger partial charge in [-0.25, -0.2) is 4.98 Å². The molecular weight excluding hydrogens is 464 g/mol. The van der Waals surface area contributed by atoms with E-state index in [0.29, 0.717) is 52.2 Å². The topological polar surface area (TPSA) is 70.4 Å². The number of hydrogen-bond acceptors (Lipinski definition) is 8. The third-order valence-corrected chi connectivity index (χ3v) is 7.71. The number of thioether (sulfide) groups is 1. The molecule has 0 amide bonds. The van der Waals surface area contributed by atoms with E-state index in [9.17, 15) is 9.59 Å². The van der Waals surface area contributed by atoms with Crippen molar-refractivity contribution in [1.29, 1.82) is 0 Å². The van der Waals surface area contributed by atoms with Crippen LogP contribution in [0.2, 0.25) is 0 Å². The van der Waals surface area contributed by atoms with E-state index in [1.165, 1.54) is 23.1 Å². The highest BCUT2D eigenvalue weighted by atomic mass is 32.2. The Balaban J connectivity index is 1.45. The summed E-state index contributed by atoms with van der Waals surface area (Å²) in [7, 11) is 0. The number of fused-ring (bicyclic) bond motifs is 2. The maximum atomic E-state index is 13.3. The Morgan fingerprint density at radius 1 is 1.22 bits per heavy atom. The Kier molecular flexibility index (Phi) is 5.86. The van der Waals surface area contributed by atoms with Crippen LogP contribution >= 0.6 is 34.4 Å². The number of hydrogen-bond donors (Lipinski definition) is 0. The number of carbonyl (C=O) groups is 1. The van der Waals surface area contributed by atoms with Gasteiger partial charge in [-0.15, -0.1) is 29.3 Å². The van der Waals surface area contributed by atoms with E-state index in [1.54, 1.807) is 40.2 Å². The van der Waals surface area contributed by atoms with Gasteiger partial charge in [0.25, 0.3) is 5.56 Å². The molecule has 1 aliphatic heterocycles. The van der Waals surface area contributed by atoms with Gasteiger partial charge in [0.2, 0.25) is 0 Å². The number of ketones is 1. The summed E-state index contributed by atoms with van der Waals surface area (Å²) in [4.78, 5) is 32.6. The van der Waals surface area contributed by atoms with E-state index in [4.69, 9.17) is 14.5 Å². The molecule has 4 heterocycles. The molecule has 0 aliphatic carbocycles. The first-order valence-electron chi connectivity index (χ1n) is 9.88. The SMILES string of the molecule is C=CCn1c(SCC(=O)c2ccc3c(c2)OCCO3)nc2scc(-c3cccs3)c2c1=O. The van der Waals surface area contributed by atoms with Crippen LogP contribution in [0.4, 0.5) is 0 Å². The minimum Gasteiger partial charge on any atom is -0.486 e. The molecule has 0 N–H and O–H groups in total. The second-order valence-electron chi connectivity index (χ2n) is 6.98. The van der Waals surface area contributed by atoms with Gasteiger partial charge in [0.15, 0.2) is 22.4 Å². The maximum absolute atomic E-state index is 13.3. The van der Waals surface area contributed by atoms with E-state index >= 15 is 0 Å². The van der Waals surface area contributed by atoms with Gasteiger partial charge < -0.3 is 9.47 Å². The molecule has 0 saturated heterocycles. The molecule has 4 aromatic rings. The van der Waals surface area contributed by atoms with Crippen LogP contribution in [0.5, 0.6) is 11.5 Å². The molecule has 3 aromatic heterocycles. The lowest BCUT2D eigenvalue weighted by atomic mass is 10.1. The number of benzene rings is 1. The lowest BCUT2D eigenvalue weighted by Gasteiger charge is -2.18. The molecule has 0 fully saturated rings. The highest BCUT2D eigenvalue weighted by molar-refractivity contribution is 7.99. The molecule has 9 heteroatoms. The molecular formula is C23H18N2O4S3. The van der Waals surface area contributed by atoms with E-state index in [2.05, 4.69) is 6.58 Å². The van der Waals surface area contributed by atoms with Crippen molar-refractivity contribution in [2.45, 2.75) is 11.7 Å². The van der Waals surface area contributed by atoms with Crippen molar-refractivity contribution in [2.24, 2.45) is 0 Å². The maximum Gasteiger partial charge on any atom is 0.263 e.